The summed E-state index contributed by atoms with van der Waals surface area (Å²) in [5, 5.41) is 8.91. The molecule has 0 fully saturated rings. The molecule has 0 aromatic heterocycles. The first kappa shape index (κ1) is 26.9. The summed E-state index contributed by atoms with van der Waals surface area (Å²) in [4.78, 5) is 10.1. The van der Waals surface area contributed by atoms with Gasteiger partial charge in [-0.3, -0.25) is 4.72 Å². The molecule has 0 heterocycles. The molecule has 7 nitrogen and oxygen atoms in total. The maximum absolute atomic E-state index is 14.6. The maximum atomic E-state index is 14.6. The van der Waals surface area contributed by atoms with Crippen LogP contribution in [0.15, 0.2) is 29.2 Å². The summed E-state index contributed by atoms with van der Waals surface area (Å²) in [7, 11) is -5.12. The summed E-state index contributed by atoms with van der Waals surface area (Å²) in [6.07, 6.45) is -10.4. The van der Waals surface area contributed by atoms with Crippen LogP contribution in [0.25, 0.3) is 0 Å². The number of carboxylic acids is 1. The van der Waals surface area contributed by atoms with Gasteiger partial charge in [-0.25, -0.2) is 22.0 Å². The largest absolute Gasteiger partial charge is 0.478 e. The summed E-state index contributed by atoms with van der Waals surface area (Å²) < 4.78 is 152. The van der Waals surface area contributed by atoms with E-state index in [2.05, 4.69) is 9.47 Å². The van der Waals surface area contributed by atoms with Gasteiger partial charge in [0.15, 0.2) is 36.3 Å². The number of aromatic carboxylic acids is 1. The van der Waals surface area contributed by atoms with Crippen molar-refractivity contribution >= 4 is 21.7 Å². The van der Waals surface area contributed by atoms with E-state index in [1.165, 1.54) is 4.72 Å². The van der Waals surface area contributed by atoms with Gasteiger partial charge in [-0.15, -0.1) is 0 Å². The minimum atomic E-state index is -5.21. The summed E-state index contributed by atoms with van der Waals surface area (Å²) in [5.41, 5.74) is -2.55. The Bertz CT molecular complexity index is 1150. The lowest BCUT2D eigenvalue weighted by Crippen LogP contribution is -2.23. The van der Waals surface area contributed by atoms with Crippen molar-refractivity contribution in [1.29, 1.82) is 0 Å². The van der Waals surface area contributed by atoms with Crippen LogP contribution < -0.4 is 14.2 Å². The van der Waals surface area contributed by atoms with E-state index in [9.17, 15) is 52.7 Å². The molecule has 0 aliphatic rings. The van der Waals surface area contributed by atoms with Crippen LogP contribution in [0.3, 0.4) is 0 Å². The lowest BCUT2D eigenvalue weighted by Gasteiger charge is -2.18. The van der Waals surface area contributed by atoms with Crippen molar-refractivity contribution in [2.24, 2.45) is 0 Å². The molecule has 0 radical (unpaired) electrons. The van der Waals surface area contributed by atoms with Gasteiger partial charge in [0.2, 0.25) is 5.82 Å². The third-order valence-corrected chi connectivity index (χ3v) is 4.97. The maximum Gasteiger partial charge on any atom is 0.422 e. The van der Waals surface area contributed by atoms with Gasteiger partial charge in [-0.1, -0.05) is 6.07 Å². The Kier molecular flexibility index (Phi) is 7.49. The highest BCUT2D eigenvalue weighted by atomic mass is 32.2. The predicted octanol–water partition coefficient (Wildman–Crippen LogP) is 4.49. The molecule has 17 heteroatoms. The van der Waals surface area contributed by atoms with E-state index in [0.29, 0.717) is 6.07 Å². The topological polar surface area (TPSA) is 102 Å². The Labute approximate surface area is 183 Å². The predicted molar refractivity (Wildman–Crippen MR) is 93.6 cm³/mol. The molecule has 2 aromatic carbocycles. The van der Waals surface area contributed by atoms with Gasteiger partial charge < -0.3 is 14.6 Å². The first-order valence-electron chi connectivity index (χ1n) is 8.38. The molecular weight excluding hydrogens is 517 g/mol. The van der Waals surface area contributed by atoms with E-state index in [0.717, 1.165) is 18.2 Å². The zero-order valence-electron chi connectivity index (χ0n) is 16.0. The monoisotopic (exact) mass is 527 g/mol. The van der Waals surface area contributed by atoms with Crippen LogP contribution in [-0.2, 0) is 10.0 Å². The van der Waals surface area contributed by atoms with Crippen molar-refractivity contribution in [3.8, 4) is 11.5 Å². The highest BCUT2D eigenvalue weighted by Gasteiger charge is 2.36. The fourth-order valence-electron chi connectivity index (χ4n) is 2.26. The van der Waals surface area contributed by atoms with Crippen LogP contribution in [0.5, 0.6) is 11.5 Å². The van der Waals surface area contributed by atoms with Gasteiger partial charge in [0.25, 0.3) is 10.0 Å². The minimum Gasteiger partial charge on any atom is -0.478 e. The van der Waals surface area contributed by atoms with E-state index < -0.39 is 86.7 Å². The first-order valence-corrected chi connectivity index (χ1v) is 9.87. The third kappa shape index (κ3) is 6.58. The molecule has 0 saturated heterocycles. The van der Waals surface area contributed by atoms with E-state index in [-0.39, 0.29) is 0 Å². The fourth-order valence-corrected chi connectivity index (χ4v) is 3.37. The second-order valence-corrected chi connectivity index (χ2v) is 7.90. The van der Waals surface area contributed by atoms with E-state index in [1.54, 1.807) is 0 Å². The van der Waals surface area contributed by atoms with E-state index in [1.807, 2.05) is 0 Å². The normalized spacial score (nSPS) is 12.4. The van der Waals surface area contributed by atoms with E-state index in [4.69, 9.17) is 5.11 Å². The number of carbonyl (C=O) groups is 1. The molecule has 0 aliphatic carbocycles. The summed E-state index contributed by atoms with van der Waals surface area (Å²) in [6.45, 7) is -4.78. The van der Waals surface area contributed by atoms with Crippen molar-refractivity contribution in [1.82, 2.24) is 0 Å². The lowest BCUT2D eigenvalue weighted by atomic mass is 10.2. The van der Waals surface area contributed by atoms with Crippen molar-refractivity contribution in [3.05, 3.63) is 47.3 Å². The van der Waals surface area contributed by atoms with Crippen molar-refractivity contribution in [3.63, 3.8) is 0 Å². The highest BCUT2D eigenvalue weighted by molar-refractivity contribution is 7.92. The van der Waals surface area contributed by atoms with Crippen LogP contribution in [-0.4, -0.2) is 45.1 Å². The van der Waals surface area contributed by atoms with Gasteiger partial charge in [0.1, 0.15) is 5.69 Å². The van der Waals surface area contributed by atoms with Gasteiger partial charge >= 0.3 is 18.3 Å². The van der Waals surface area contributed by atoms with Gasteiger partial charge in [-0.2, -0.15) is 30.7 Å². The average molecular weight is 527 g/mol. The minimum absolute atomic E-state index is 0.520. The number of rotatable bonds is 8. The Morgan fingerprint density at radius 2 is 1.35 bits per heavy atom. The average Bonchev–Trinajstić information content (AvgIpc) is 2.69. The van der Waals surface area contributed by atoms with Gasteiger partial charge in [0, 0.05) is 0 Å². The zero-order chi connectivity index (χ0) is 26.1. The van der Waals surface area contributed by atoms with Crippen molar-refractivity contribution in [2.75, 3.05) is 17.9 Å². The van der Waals surface area contributed by atoms with Crippen molar-refractivity contribution < 1.29 is 67.3 Å². The number of sulfonamides is 1. The number of hydrogen-bond acceptors (Lipinski definition) is 5. The molecule has 188 valence electrons. The second kappa shape index (κ2) is 9.47. The SMILES string of the molecule is O=C(O)c1cccc(S(=O)(=O)Nc2c(F)c(OCC(F)(F)F)c(F)c(OCC(F)(F)F)c2F)c1. The molecule has 0 unspecified atom stereocenters. The highest BCUT2D eigenvalue weighted by Crippen LogP contribution is 2.41. The molecule has 2 aromatic rings. The second-order valence-electron chi connectivity index (χ2n) is 6.22. The van der Waals surface area contributed by atoms with Crippen molar-refractivity contribution in [2.45, 2.75) is 17.2 Å². The van der Waals surface area contributed by atoms with Crippen LogP contribution in [0.1, 0.15) is 10.4 Å². The number of anilines is 1. The number of halogens is 9. The number of nitrogens with one attached hydrogen (secondary N) is 1. The first-order chi connectivity index (χ1) is 15.4. The Balaban J connectivity index is 2.63. The standard InChI is InChI=1S/C17H10F9NO6S/c18-9-12(27-34(30,31)8-3-1-2-7(4-8)15(28)29)10(19)14(33-6-17(24,25)26)11(20)13(9)32-5-16(21,22)23/h1-4,27H,5-6H2,(H,28,29). The fraction of sp³-hybridized carbons (Fsp3) is 0.235. The van der Waals surface area contributed by atoms with Crippen LogP contribution in [0, 0.1) is 17.5 Å². The third-order valence-electron chi connectivity index (χ3n) is 3.62. The molecule has 2 N–H and O–H groups in total. The van der Waals surface area contributed by atoms with Crippen LogP contribution in [0.4, 0.5) is 45.2 Å². The number of alkyl halides is 6. The zero-order valence-corrected chi connectivity index (χ0v) is 16.8. The van der Waals surface area contributed by atoms with Crippen LogP contribution >= 0.6 is 0 Å². The molecule has 0 spiro atoms. The smallest absolute Gasteiger partial charge is 0.422 e. The van der Waals surface area contributed by atoms with Crippen LogP contribution in [0.2, 0.25) is 0 Å². The molecule has 0 bridgehead atoms. The molecule has 0 amide bonds. The number of carboxylic acid groups (broad SMARTS) is 1. The molecular formula is C17H10F9NO6S. The molecule has 0 aliphatic heterocycles. The molecule has 0 saturated carbocycles. The number of hydrogen-bond donors (Lipinski definition) is 2. The lowest BCUT2D eigenvalue weighted by molar-refractivity contribution is -0.155. The summed E-state index contributed by atoms with van der Waals surface area (Å²) in [5.74, 6) is -13.0. The number of benzene rings is 2. The summed E-state index contributed by atoms with van der Waals surface area (Å²) in [6, 6.07) is 3.11. The molecule has 0 atom stereocenters. The van der Waals surface area contributed by atoms with E-state index >= 15 is 0 Å². The Hall–Kier alpha value is -3.37. The van der Waals surface area contributed by atoms with Gasteiger partial charge in [-0.05, 0) is 18.2 Å². The Morgan fingerprint density at radius 3 is 1.76 bits per heavy atom. The quantitative estimate of drug-likeness (QED) is 0.491. The molecule has 34 heavy (non-hydrogen) atoms. The Morgan fingerprint density at radius 1 is 0.882 bits per heavy atom. The summed E-state index contributed by atoms with van der Waals surface area (Å²) >= 11 is 0. The van der Waals surface area contributed by atoms with Gasteiger partial charge in [0.05, 0.1) is 10.5 Å². The molecule has 2 rings (SSSR count). The number of ether oxygens (including phenoxy) is 2.